The van der Waals surface area contributed by atoms with E-state index in [2.05, 4.69) is 36.3 Å². The zero-order chi connectivity index (χ0) is 31.4. The van der Waals surface area contributed by atoms with Crippen LogP contribution in [0, 0.1) is 17.8 Å². The van der Waals surface area contributed by atoms with E-state index in [1.165, 1.54) is 0 Å². The molecule has 6 atom stereocenters. The second kappa shape index (κ2) is 13.8. The molecule has 3 amide bonds. The van der Waals surface area contributed by atoms with Crippen LogP contribution in [0.1, 0.15) is 53.4 Å². The van der Waals surface area contributed by atoms with Crippen molar-refractivity contribution < 1.29 is 24.2 Å². The molecule has 0 aromatic heterocycles. The lowest BCUT2D eigenvalue weighted by Crippen LogP contribution is -2.54. The Morgan fingerprint density at radius 3 is 2.23 bits per heavy atom. The quantitative estimate of drug-likeness (QED) is 0.254. The Balaban J connectivity index is 1.41. The van der Waals surface area contributed by atoms with E-state index in [0.29, 0.717) is 37.4 Å². The van der Waals surface area contributed by atoms with E-state index in [9.17, 15) is 19.5 Å². The maximum atomic E-state index is 14.3. The fourth-order valence-electron chi connectivity index (χ4n) is 7.51. The molecule has 3 aliphatic rings. The van der Waals surface area contributed by atoms with E-state index in [0.717, 1.165) is 37.4 Å². The number of nitrogens with zero attached hydrogens (tertiary/aromatic N) is 2. The molecule has 0 aliphatic carbocycles. The normalized spacial score (nSPS) is 26.9. The molecule has 44 heavy (non-hydrogen) atoms. The van der Waals surface area contributed by atoms with Crippen molar-refractivity contribution in [3.8, 4) is 5.75 Å². The zero-order valence-electron chi connectivity index (χ0n) is 26.3. The molecule has 2 aromatic rings. The molecule has 3 N–H and O–H groups in total. The summed E-state index contributed by atoms with van der Waals surface area (Å²) in [4.78, 5) is 46.4. The minimum Gasteiger partial charge on any atom is -0.494 e. The average molecular weight is 623 g/mol. The second-order valence-electron chi connectivity index (χ2n) is 12.0. The number of nitrogens with one attached hydrogen (secondary N) is 2. The van der Waals surface area contributed by atoms with Gasteiger partial charge in [0.25, 0.3) is 0 Å². The number of hydrogen-bond donors (Lipinski definition) is 3. The molecule has 238 valence electrons. The van der Waals surface area contributed by atoms with Crippen LogP contribution >= 0.6 is 11.8 Å². The smallest absolute Gasteiger partial charge is 0.248 e. The number of carbonyl (C=O) groups excluding carboxylic acids is 3. The third-order valence-corrected chi connectivity index (χ3v) is 11.6. The first kappa shape index (κ1) is 32.2. The summed E-state index contributed by atoms with van der Waals surface area (Å²) in [6, 6.07) is 14.4. The van der Waals surface area contributed by atoms with Gasteiger partial charge in [-0.15, -0.1) is 11.8 Å². The first-order valence-corrected chi connectivity index (χ1v) is 17.0. The summed E-state index contributed by atoms with van der Waals surface area (Å²) in [5, 5.41) is 15.5. The van der Waals surface area contributed by atoms with Crippen LogP contribution in [0.15, 0.2) is 48.5 Å². The topological polar surface area (TPSA) is 111 Å². The molecule has 3 heterocycles. The number of amides is 3. The highest BCUT2D eigenvalue weighted by Crippen LogP contribution is 2.68. The van der Waals surface area contributed by atoms with Gasteiger partial charge in [-0.25, -0.2) is 0 Å². The summed E-state index contributed by atoms with van der Waals surface area (Å²) in [5.41, 5.74) is 2.43. The van der Waals surface area contributed by atoms with Gasteiger partial charge in [0.1, 0.15) is 11.8 Å². The molecule has 3 fully saturated rings. The Kier molecular flexibility index (Phi) is 10.1. The number of ether oxygens (including phenoxy) is 1. The second-order valence-corrected chi connectivity index (χ2v) is 13.6. The predicted octanol–water partition coefficient (Wildman–Crippen LogP) is 5.01. The molecule has 10 heteroatoms. The maximum absolute atomic E-state index is 14.3. The number of aliphatic hydroxyl groups excluding tert-OH is 1. The van der Waals surface area contributed by atoms with Gasteiger partial charge in [0.15, 0.2) is 0 Å². The fourth-order valence-corrected chi connectivity index (χ4v) is 9.93. The zero-order valence-corrected chi connectivity index (χ0v) is 27.1. The lowest BCUT2D eigenvalue weighted by molar-refractivity contribution is -0.138. The van der Waals surface area contributed by atoms with Crippen LogP contribution in [0.2, 0.25) is 0 Å². The Hall–Kier alpha value is -3.24. The van der Waals surface area contributed by atoms with Gasteiger partial charge >= 0.3 is 0 Å². The Morgan fingerprint density at radius 2 is 1.61 bits per heavy atom. The number of hydrogen-bond acceptors (Lipinski definition) is 7. The molecule has 3 aliphatic heterocycles. The molecule has 2 aromatic carbocycles. The van der Waals surface area contributed by atoms with E-state index < -0.39 is 22.6 Å². The van der Waals surface area contributed by atoms with Crippen molar-refractivity contribution in [1.82, 2.24) is 4.90 Å². The number of benzene rings is 2. The van der Waals surface area contributed by atoms with Gasteiger partial charge in [-0.3, -0.25) is 14.4 Å². The summed E-state index contributed by atoms with van der Waals surface area (Å²) in [5.74, 6) is -0.779. The van der Waals surface area contributed by atoms with Crippen molar-refractivity contribution in [2.75, 3.05) is 48.4 Å². The van der Waals surface area contributed by atoms with Gasteiger partial charge in [-0.2, -0.15) is 0 Å². The van der Waals surface area contributed by atoms with Gasteiger partial charge in [-0.1, -0.05) is 6.92 Å². The lowest BCUT2D eigenvalue weighted by atomic mass is 9.66. The predicted molar refractivity (Wildman–Crippen MR) is 176 cm³/mol. The molecule has 0 radical (unpaired) electrons. The van der Waals surface area contributed by atoms with Crippen LogP contribution in [0.25, 0.3) is 0 Å². The number of anilines is 3. The number of aliphatic hydroxyl groups is 1. The van der Waals surface area contributed by atoms with Crippen molar-refractivity contribution in [1.29, 1.82) is 0 Å². The first-order valence-electron chi connectivity index (χ1n) is 16.1. The van der Waals surface area contributed by atoms with Crippen LogP contribution in [-0.4, -0.2) is 76.6 Å². The third-order valence-electron chi connectivity index (χ3n) is 9.55. The van der Waals surface area contributed by atoms with Gasteiger partial charge < -0.3 is 30.3 Å². The van der Waals surface area contributed by atoms with Crippen LogP contribution < -0.4 is 20.3 Å². The van der Waals surface area contributed by atoms with Crippen LogP contribution in [-0.2, 0) is 14.4 Å². The van der Waals surface area contributed by atoms with E-state index in [1.54, 1.807) is 16.7 Å². The first-order chi connectivity index (χ1) is 21.3. The Bertz CT molecular complexity index is 1320. The van der Waals surface area contributed by atoms with E-state index >= 15 is 0 Å². The van der Waals surface area contributed by atoms with Crippen molar-refractivity contribution in [3.05, 3.63) is 48.5 Å². The summed E-state index contributed by atoms with van der Waals surface area (Å²) in [6.07, 6.45) is 2.86. The van der Waals surface area contributed by atoms with Gasteiger partial charge in [0.05, 0.1) is 23.2 Å². The summed E-state index contributed by atoms with van der Waals surface area (Å²) in [7, 11) is 0. The maximum Gasteiger partial charge on any atom is 0.248 e. The van der Waals surface area contributed by atoms with Crippen molar-refractivity contribution in [2.24, 2.45) is 17.8 Å². The standard InChI is InChI=1S/C34H46N4O5S/c1-5-37(6-2)25-15-11-23(12-16-25)36-32(41)30-34-22(4)21-27(44-34)28(29(34)33(42)38(30)19-9-8-10-20-39)31(40)35-24-13-17-26(18-14-24)43-7-3/h11-18,22,27-30,39H,5-10,19-21H2,1-4H3,(H,35,40)(H,36,41)/t22?,27-,28+,29+,30?,34?/m1/s1. The number of likely N-dealkylation sites (tertiary alicyclic amines) is 1. The third kappa shape index (κ3) is 5.90. The molecule has 5 rings (SSSR count). The number of fused-ring (bicyclic) bond motifs is 1. The highest BCUT2D eigenvalue weighted by atomic mass is 32.2. The Morgan fingerprint density at radius 1 is 0.977 bits per heavy atom. The minimum absolute atomic E-state index is 0.0400. The van der Waals surface area contributed by atoms with E-state index in [-0.39, 0.29) is 35.5 Å². The van der Waals surface area contributed by atoms with E-state index in [1.807, 2.05) is 55.5 Å². The van der Waals surface area contributed by atoms with Crippen LogP contribution in [0.4, 0.5) is 17.1 Å². The number of thioether (sulfide) groups is 1. The fraction of sp³-hybridized carbons (Fsp3) is 0.559. The molecule has 3 unspecified atom stereocenters. The largest absolute Gasteiger partial charge is 0.494 e. The van der Waals surface area contributed by atoms with Crippen molar-refractivity contribution in [2.45, 2.75) is 69.4 Å². The summed E-state index contributed by atoms with van der Waals surface area (Å²) < 4.78 is 4.84. The highest BCUT2D eigenvalue weighted by Gasteiger charge is 2.75. The number of rotatable bonds is 14. The van der Waals surface area contributed by atoms with Gasteiger partial charge in [0, 0.05) is 48.6 Å². The molecule has 2 bridgehead atoms. The molecular formula is C34H46N4O5S. The SMILES string of the molecule is CCOc1ccc(NC(=O)[C@@H]2[C@H]3C(=O)N(CCCCCO)C(C(=O)Nc4ccc(N(CC)CC)cc4)C34S[C@@H]2CC4C)cc1. The molecule has 3 saturated heterocycles. The van der Waals surface area contributed by atoms with E-state index in [4.69, 9.17) is 4.74 Å². The number of unbranched alkanes of at least 4 members (excludes halogenated alkanes) is 2. The molecular weight excluding hydrogens is 576 g/mol. The van der Waals surface area contributed by atoms with Gasteiger partial charge in [0.2, 0.25) is 17.7 Å². The molecule has 1 spiro atoms. The van der Waals surface area contributed by atoms with Crippen molar-refractivity contribution in [3.63, 3.8) is 0 Å². The number of carbonyl (C=O) groups is 3. The van der Waals surface area contributed by atoms with Crippen LogP contribution in [0.3, 0.4) is 0 Å². The van der Waals surface area contributed by atoms with Crippen LogP contribution in [0.5, 0.6) is 5.75 Å². The lowest BCUT2D eigenvalue weighted by Gasteiger charge is -2.38. The summed E-state index contributed by atoms with van der Waals surface area (Å²) in [6.45, 7) is 11.1. The van der Waals surface area contributed by atoms with Gasteiger partial charge in [-0.05, 0) is 101 Å². The minimum atomic E-state index is -0.690. The Labute approximate surface area is 265 Å². The van der Waals surface area contributed by atoms with Crippen molar-refractivity contribution >= 4 is 46.5 Å². The molecule has 0 saturated carbocycles. The monoisotopic (exact) mass is 622 g/mol. The molecule has 9 nitrogen and oxygen atoms in total. The average Bonchev–Trinajstić information content (AvgIpc) is 3.61. The summed E-state index contributed by atoms with van der Waals surface area (Å²) >= 11 is 1.67. The highest BCUT2D eigenvalue weighted by molar-refractivity contribution is 8.02.